The maximum Gasteiger partial charge on any atom is 0.325 e. The molecule has 1 aromatic carbocycles. The van der Waals surface area contributed by atoms with Crippen molar-refractivity contribution in [2.75, 3.05) is 26.7 Å². The molecule has 1 aromatic heterocycles. The molecule has 0 spiro atoms. The van der Waals surface area contributed by atoms with Crippen LogP contribution < -0.4 is 11.2 Å². The van der Waals surface area contributed by atoms with Gasteiger partial charge in [0.25, 0.3) is 5.56 Å². The van der Waals surface area contributed by atoms with Gasteiger partial charge in [-0.15, -0.1) is 0 Å². The van der Waals surface area contributed by atoms with Gasteiger partial charge in [-0.05, 0) is 31.4 Å². The Kier molecular flexibility index (Phi) is 6.24. The first-order chi connectivity index (χ1) is 13.0. The number of carbonyl (C=O) groups excluding carboxylic acids is 1. The van der Waals surface area contributed by atoms with Crippen molar-refractivity contribution in [3.05, 3.63) is 68.5 Å². The van der Waals surface area contributed by atoms with Crippen LogP contribution >= 0.6 is 0 Å². The third-order valence-electron chi connectivity index (χ3n) is 5.22. The van der Waals surface area contributed by atoms with E-state index in [4.69, 9.17) is 0 Å². The maximum absolute atomic E-state index is 12.6. The highest BCUT2D eigenvalue weighted by Crippen LogP contribution is 2.16. The van der Waals surface area contributed by atoms with Crippen LogP contribution in [0.5, 0.6) is 0 Å². The van der Waals surface area contributed by atoms with Gasteiger partial charge in [0.2, 0.25) is 5.91 Å². The molecule has 1 aliphatic rings. The van der Waals surface area contributed by atoms with Crippen molar-refractivity contribution in [1.82, 2.24) is 19.8 Å². The second-order valence-electron chi connectivity index (χ2n) is 7.11. The number of rotatable bonds is 6. The summed E-state index contributed by atoms with van der Waals surface area (Å²) in [6.45, 7) is 2.87. The Hall–Kier alpha value is -2.67. The van der Waals surface area contributed by atoms with Gasteiger partial charge in [-0.2, -0.15) is 0 Å². The van der Waals surface area contributed by atoms with Gasteiger partial charge >= 0.3 is 5.69 Å². The van der Waals surface area contributed by atoms with E-state index in [0.717, 1.165) is 38.9 Å². The highest BCUT2D eigenvalue weighted by atomic mass is 16.2. The second-order valence-corrected chi connectivity index (χ2v) is 7.11. The molecule has 7 heteroatoms. The predicted molar refractivity (Wildman–Crippen MR) is 104 cm³/mol. The molecule has 0 saturated carbocycles. The molecule has 0 bridgehead atoms. The molecule has 1 fully saturated rings. The number of amides is 1. The highest BCUT2D eigenvalue weighted by Gasteiger charge is 2.26. The van der Waals surface area contributed by atoms with Crippen LogP contribution in [0.25, 0.3) is 0 Å². The molecule has 2 aromatic rings. The molecule has 1 amide bonds. The SMILES string of the molecule is CN(C(=O)Cc1c[nH]c(=O)[nH]c1=O)C1CCCN(CCc2ccccc2)C1. The Morgan fingerprint density at radius 2 is 2.04 bits per heavy atom. The van der Waals surface area contributed by atoms with Crippen LogP contribution in [0.3, 0.4) is 0 Å². The minimum Gasteiger partial charge on any atom is -0.341 e. The van der Waals surface area contributed by atoms with Crippen molar-refractivity contribution >= 4 is 5.91 Å². The Morgan fingerprint density at radius 3 is 2.78 bits per heavy atom. The van der Waals surface area contributed by atoms with Crippen LogP contribution in [0.15, 0.2) is 46.1 Å². The lowest BCUT2D eigenvalue weighted by atomic mass is 10.0. The van der Waals surface area contributed by atoms with Crippen LogP contribution in [0.1, 0.15) is 24.0 Å². The van der Waals surface area contributed by atoms with E-state index in [1.807, 2.05) is 6.07 Å². The van der Waals surface area contributed by atoms with E-state index in [1.165, 1.54) is 11.8 Å². The number of nitrogens with one attached hydrogen (secondary N) is 2. The van der Waals surface area contributed by atoms with Crippen molar-refractivity contribution in [2.45, 2.75) is 31.7 Å². The first-order valence-electron chi connectivity index (χ1n) is 9.36. The van der Waals surface area contributed by atoms with E-state index < -0.39 is 11.2 Å². The Balaban J connectivity index is 1.55. The minimum atomic E-state index is -0.564. The Morgan fingerprint density at radius 1 is 1.26 bits per heavy atom. The summed E-state index contributed by atoms with van der Waals surface area (Å²) in [6.07, 6.45) is 4.32. The van der Waals surface area contributed by atoms with Crippen LogP contribution in [-0.2, 0) is 17.6 Å². The predicted octanol–water partition coefficient (Wildman–Crippen LogP) is 0.771. The molecule has 1 atom stereocenters. The summed E-state index contributed by atoms with van der Waals surface area (Å²) in [7, 11) is 1.80. The number of hydrogen-bond acceptors (Lipinski definition) is 4. The summed E-state index contributed by atoms with van der Waals surface area (Å²) in [5.41, 5.74) is 0.532. The fourth-order valence-corrected chi connectivity index (χ4v) is 3.54. The zero-order chi connectivity index (χ0) is 19.2. The van der Waals surface area contributed by atoms with E-state index in [2.05, 4.69) is 39.1 Å². The van der Waals surface area contributed by atoms with E-state index >= 15 is 0 Å². The van der Waals surface area contributed by atoms with Gasteiger partial charge in [-0.3, -0.25) is 14.6 Å². The zero-order valence-electron chi connectivity index (χ0n) is 15.6. The average molecular weight is 370 g/mol. The fourth-order valence-electron chi connectivity index (χ4n) is 3.54. The molecule has 144 valence electrons. The Labute approximate surface area is 158 Å². The number of likely N-dealkylation sites (tertiary alicyclic amines) is 1. The summed E-state index contributed by atoms with van der Waals surface area (Å²) in [4.78, 5) is 44.2. The Bertz CT molecular complexity index is 875. The van der Waals surface area contributed by atoms with Gasteiger partial charge in [-0.25, -0.2) is 4.79 Å². The maximum atomic E-state index is 12.6. The number of aromatic nitrogens is 2. The molecule has 0 radical (unpaired) electrons. The molecule has 7 nitrogen and oxygen atoms in total. The van der Waals surface area contributed by atoms with Crippen LogP contribution in [0, 0.1) is 0 Å². The van der Waals surface area contributed by atoms with Crippen LogP contribution in [0.2, 0.25) is 0 Å². The third-order valence-corrected chi connectivity index (χ3v) is 5.22. The lowest BCUT2D eigenvalue weighted by Gasteiger charge is -2.37. The van der Waals surface area contributed by atoms with E-state index in [9.17, 15) is 14.4 Å². The lowest BCUT2D eigenvalue weighted by molar-refractivity contribution is -0.132. The second kappa shape index (κ2) is 8.81. The van der Waals surface area contributed by atoms with Crippen molar-refractivity contribution in [3.8, 4) is 0 Å². The van der Waals surface area contributed by atoms with Crippen molar-refractivity contribution in [2.24, 2.45) is 0 Å². The number of aromatic amines is 2. The molecule has 27 heavy (non-hydrogen) atoms. The van der Waals surface area contributed by atoms with E-state index in [0.29, 0.717) is 0 Å². The molecular weight excluding hydrogens is 344 g/mol. The zero-order valence-corrected chi connectivity index (χ0v) is 15.6. The van der Waals surface area contributed by atoms with Crippen molar-refractivity contribution < 1.29 is 4.79 Å². The summed E-state index contributed by atoms with van der Waals surface area (Å²) < 4.78 is 0. The standard InChI is InChI=1S/C20H26N4O3/c1-23(18(25)12-16-13-21-20(27)22-19(16)26)17-8-5-10-24(14-17)11-9-15-6-3-2-4-7-15/h2-4,6-7,13,17H,5,8-12,14H2,1H3,(H2,21,22,26,27). The van der Waals surface area contributed by atoms with Gasteiger partial charge in [0.15, 0.2) is 0 Å². The monoisotopic (exact) mass is 370 g/mol. The smallest absolute Gasteiger partial charge is 0.325 e. The number of piperidine rings is 1. The van der Waals surface area contributed by atoms with Crippen molar-refractivity contribution in [1.29, 1.82) is 0 Å². The number of H-pyrrole nitrogens is 2. The number of nitrogens with zero attached hydrogens (tertiary/aromatic N) is 2. The molecular formula is C20H26N4O3. The topological polar surface area (TPSA) is 89.3 Å². The van der Waals surface area contributed by atoms with Gasteiger partial charge < -0.3 is 14.8 Å². The molecule has 3 rings (SSSR count). The number of hydrogen-bond donors (Lipinski definition) is 2. The molecule has 0 aliphatic carbocycles. The molecule has 1 unspecified atom stereocenters. The van der Waals surface area contributed by atoms with Crippen LogP contribution in [-0.4, -0.2) is 58.4 Å². The fraction of sp³-hybridized carbons (Fsp3) is 0.450. The number of benzene rings is 1. The number of likely N-dealkylation sites (N-methyl/N-ethyl adjacent to an activating group) is 1. The first kappa shape index (κ1) is 19.1. The number of carbonyl (C=O) groups is 1. The summed E-state index contributed by atoms with van der Waals surface area (Å²) >= 11 is 0. The van der Waals surface area contributed by atoms with Crippen LogP contribution in [0.4, 0.5) is 0 Å². The first-order valence-corrected chi connectivity index (χ1v) is 9.36. The molecule has 2 heterocycles. The largest absolute Gasteiger partial charge is 0.341 e. The van der Waals surface area contributed by atoms with Crippen molar-refractivity contribution in [3.63, 3.8) is 0 Å². The summed E-state index contributed by atoms with van der Waals surface area (Å²) in [6, 6.07) is 10.5. The summed E-state index contributed by atoms with van der Waals surface area (Å²) in [5.74, 6) is -0.109. The van der Waals surface area contributed by atoms with Gasteiger partial charge in [0.05, 0.1) is 6.42 Å². The minimum absolute atomic E-state index is 0.0108. The van der Waals surface area contributed by atoms with Gasteiger partial charge in [0, 0.05) is 37.9 Å². The van der Waals surface area contributed by atoms with E-state index in [1.54, 1.807) is 11.9 Å². The highest BCUT2D eigenvalue weighted by molar-refractivity contribution is 5.78. The molecule has 1 aliphatic heterocycles. The average Bonchev–Trinajstić information content (AvgIpc) is 2.69. The quantitative estimate of drug-likeness (QED) is 0.786. The molecule has 2 N–H and O–H groups in total. The van der Waals surface area contributed by atoms with Gasteiger partial charge in [-0.1, -0.05) is 30.3 Å². The summed E-state index contributed by atoms with van der Waals surface area (Å²) in [5, 5.41) is 0. The van der Waals surface area contributed by atoms with Gasteiger partial charge in [0.1, 0.15) is 0 Å². The lowest BCUT2D eigenvalue weighted by Crippen LogP contribution is -2.49. The normalized spacial score (nSPS) is 17.6. The van der Waals surface area contributed by atoms with E-state index in [-0.39, 0.29) is 23.9 Å². The third kappa shape index (κ3) is 5.17. The molecule has 1 saturated heterocycles.